The number of carbonyl (C=O) groups is 1. The lowest BCUT2D eigenvalue weighted by Crippen LogP contribution is -2.37. The lowest BCUT2D eigenvalue weighted by Gasteiger charge is -2.14. The summed E-state index contributed by atoms with van der Waals surface area (Å²) in [4.78, 5) is 32.5. The van der Waals surface area contributed by atoms with Crippen molar-refractivity contribution in [3.05, 3.63) is 30.4 Å². The van der Waals surface area contributed by atoms with E-state index >= 15 is 0 Å². The summed E-state index contributed by atoms with van der Waals surface area (Å²) < 4.78 is 22.3. The Bertz CT molecular complexity index is 1130. The summed E-state index contributed by atoms with van der Waals surface area (Å²) in [6.45, 7) is 1.21. The van der Waals surface area contributed by atoms with Crippen LogP contribution in [0.4, 0.5) is 21.0 Å². The van der Waals surface area contributed by atoms with E-state index in [9.17, 15) is 9.18 Å². The zero-order valence-electron chi connectivity index (χ0n) is 18.3. The first kappa shape index (κ1) is 22.2. The van der Waals surface area contributed by atoms with Gasteiger partial charge in [0.1, 0.15) is 5.82 Å². The second-order valence-corrected chi connectivity index (χ2v) is 7.66. The fraction of sp³-hybridized carbons (Fsp3) is 0.381. The second-order valence-electron chi connectivity index (χ2n) is 7.66. The molecule has 3 aromatic rings. The number of alkyl halides is 1. The van der Waals surface area contributed by atoms with E-state index in [0.717, 1.165) is 18.7 Å². The molecule has 0 saturated heterocycles. The summed E-state index contributed by atoms with van der Waals surface area (Å²) in [5.41, 5.74) is 8.31. The highest BCUT2D eigenvalue weighted by atomic mass is 19.1. The molecule has 0 bridgehead atoms. The van der Waals surface area contributed by atoms with Gasteiger partial charge in [-0.25, -0.2) is 29.1 Å². The number of imidazole rings is 1. The second kappa shape index (κ2) is 9.67. The van der Waals surface area contributed by atoms with E-state index in [1.165, 1.54) is 7.11 Å². The summed E-state index contributed by atoms with van der Waals surface area (Å²) in [5.74, 6) is 1.85. The maximum absolute atomic E-state index is 12.7. The highest BCUT2D eigenvalue weighted by Gasteiger charge is 2.29. The lowest BCUT2D eigenvalue weighted by molar-refractivity contribution is 0.168. The minimum atomic E-state index is -1.01. The molecule has 0 aliphatic heterocycles. The van der Waals surface area contributed by atoms with Crippen LogP contribution >= 0.6 is 0 Å². The van der Waals surface area contributed by atoms with E-state index in [0.29, 0.717) is 41.1 Å². The predicted octanol–water partition coefficient (Wildman–Crippen LogP) is 2.85. The molecule has 12 heteroatoms. The van der Waals surface area contributed by atoms with Crippen LogP contribution in [0.15, 0.2) is 24.5 Å². The van der Waals surface area contributed by atoms with Crippen molar-refractivity contribution >= 4 is 17.9 Å². The van der Waals surface area contributed by atoms with Crippen molar-refractivity contribution in [3.8, 4) is 28.4 Å². The minimum Gasteiger partial charge on any atom is -0.459 e. The molecule has 3 aromatic heterocycles. The Morgan fingerprint density at radius 1 is 1.36 bits per heavy atom. The van der Waals surface area contributed by atoms with Gasteiger partial charge in [0, 0.05) is 36.5 Å². The van der Waals surface area contributed by atoms with Crippen molar-refractivity contribution in [2.24, 2.45) is 0 Å². The molecule has 11 nitrogen and oxygen atoms in total. The van der Waals surface area contributed by atoms with E-state index in [-0.39, 0.29) is 17.6 Å². The first-order valence-corrected chi connectivity index (χ1v) is 10.4. The maximum atomic E-state index is 12.7. The van der Waals surface area contributed by atoms with Crippen molar-refractivity contribution in [2.75, 3.05) is 31.6 Å². The van der Waals surface area contributed by atoms with Crippen LogP contribution in [0.25, 0.3) is 22.6 Å². The zero-order chi connectivity index (χ0) is 23.4. The van der Waals surface area contributed by atoms with Crippen LogP contribution in [-0.4, -0.2) is 57.6 Å². The Labute approximate surface area is 189 Å². The Morgan fingerprint density at radius 2 is 2.18 bits per heavy atom. The molecular weight excluding hydrogens is 431 g/mol. The molecule has 5 N–H and O–H groups in total. The van der Waals surface area contributed by atoms with E-state index in [4.69, 9.17) is 15.5 Å². The number of amides is 1. The Hall–Kier alpha value is -3.96. The van der Waals surface area contributed by atoms with Crippen LogP contribution in [0.5, 0.6) is 5.75 Å². The van der Waals surface area contributed by atoms with E-state index in [2.05, 4.69) is 35.3 Å². The number of pyridine rings is 1. The molecule has 0 aromatic carbocycles. The molecule has 0 radical (unpaired) electrons. The Kier molecular flexibility index (Phi) is 6.52. The van der Waals surface area contributed by atoms with Gasteiger partial charge in [-0.3, -0.25) is 0 Å². The minimum absolute atomic E-state index is 0.0964. The monoisotopic (exact) mass is 456 g/mol. The molecule has 0 spiro atoms. The van der Waals surface area contributed by atoms with Gasteiger partial charge in [0.2, 0.25) is 12.8 Å². The zero-order valence-corrected chi connectivity index (χ0v) is 18.3. The molecule has 1 amide bonds. The fourth-order valence-electron chi connectivity index (χ4n) is 3.23. The number of methoxy groups -OCH3 is 1. The highest BCUT2D eigenvalue weighted by Crippen LogP contribution is 2.42. The van der Waals surface area contributed by atoms with Crippen molar-refractivity contribution < 1.29 is 18.7 Å². The number of nitrogens with one attached hydrogen (secondary N) is 3. The number of nitrogen functional groups attached to an aromatic ring is 1. The molecule has 1 atom stereocenters. The third-order valence-electron chi connectivity index (χ3n) is 5.08. The molecule has 1 aliphatic carbocycles. The number of anilines is 2. The summed E-state index contributed by atoms with van der Waals surface area (Å²) >= 11 is 0. The van der Waals surface area contributed by atoms with Gasteiger partial charge in [-0.15, -0.1) is 0 Å². The molecule has 4 rings (SSSR count). The SMILES string of the molecule is COC(=O)N[C@@H](C)CNc1nccc(-c2[nH]c(C3CC3)nc2-c2cnc(N)c(OCF)c2)n1. The number of H-pyrrole nitrogens is 1. The fourth-order valence-corrected chi connectivity index (χ4v) is 3.23. The number of halogens is 1. The molecule has 33 heavy (non-hydrogen) atoms. The number of ether oxygens (including phenoxy) is 2. The number of nitrogens with two attached hydrogens (primary N) is 1. The van der Waals surface area contributed by atoms with Crippen molar-refractivity contribution in [1.82, 2.24) is 30.2 Å². The van der Waals surface area contributed by atoms with Gasteiger partial charge in [0.25, 0.3) is 0 Å². The van der Waals surface area contributed by atoms with Crippen molar-refractivity contribution in [3.63, 3.8) is 0 Å². The summed E-state index contributed by atoms with van der Waals surface area (Å²) in [5, 5.41) is 5.77. The molecule has 1 aliphatic rings. The number of aromatic amines is 1. The van der Waals surface area contributed by atoms with Crippen molar-refractivity contribution in [2.45, 2.75) is 31.7 Å². The van der Waals surface area contributed by atoms with Crippen LogP contribution in [0, 0.1) is 0 Å². The number of rotatable bonds is 9. The molecule has 1 fully saturated rings. The summed E-state index contributed by atoms with van der Waals surface area (Å²) in [7, 11) is 1.31. The number of nitrogens with zero attached hydrogens (tertiary/aromatic N) is 4. The van der Waals surface area contributed by atoms with Gasteiger partial charge >= 0.3 is 6.09 Å². The van der Waals surface area contributed by atoms with Gasteiger partial charge in [0.05, 0.1) is 24.2 Å². The van der Waals surface area contributed by atoms with Gasteiger partial charge in [-0.2, -0.15) is 0 Å². The number of hydrogen-bond acceptors (Lipinski definition) is 9. The molecular formula is C21H25FN8O3. The van der Waals surface area contributed by atoms with E-state index in [1.54, 1.807) is 24.5 Å². The van der Waals surface area contributed by atoms with Crippen LogP contribution < -0.4 is 21.1 Å². The summed E-state index contributed by atoms with van der Waals surface area (Å²) in [6, 6.07) is 3.17. The first-order valence-electron chi connectivity index (χ1n) is 10.4. The molecule has 3 heterocycles. The van der Waals surface area contributed by atoms with Gasteiger partial charge in [-0.1, -0.05) is 0 Å². The van der Waals surface area contributed by atoms with Gasteiger partial charge < -0.3 is 30.8 Å². The molecule has 174 valence electrons. The van der Waals surface area contributed by atoms with Crippen LogP contribution in [0.3, 0.4) is 0 Å². The van der Waals surface area contributed by atoms with Crippen LogP contribution in [-0.2, 0) is 4.74 Å². The first-order chi connectivity index (χ1) is 16.0. The average molecular weight is 456 g/mol. The third kappa shape index (κ3) is 5.27. The molecule has 1 saturated carbocycles. The topological polar surface area (TPSA) is 153 Å². The Balaban J connectivity index is 1.62. The lowest BCUT2D eigenvalue weighted by atomic mass is 10.1. The highest BCUT2D eigenvalue weighted by molar-refractivity contribution is 5.78. The average Bonchev–Trinajstić information content (AvgIpc) is 3.58. The molecule has 0 unspecified atom stereocenters. The largest absolute Gasteiger partial charge is 0.459 e. The number of hydrogen-bond donors (Lipinski definition) is 4. The van der Waals surface area contributed by atoms with Gasteiger partial charge in [0.15, 0.2) is 11.6 Å². The van der Waals surface area contributed by atoms with Gasteiger partial charge in [-0.05, 0) is 31.9 Å². The Morgan fingerprint density at radius 3 is 2.91 bits per heavy atom. The summed E-state index contributed by atoms with van der Waals surface area (Å²) in [6.07, 6.45) is 4.80. The third-order valence-corrected chi connectivity index (χ3v) is 5.08. The van der Waals surface area contributed by atoms with Crippen molar-refractivity contribution in [1.29, 1.82) is 0 Å². The van der Waals surface area contributed by atoms with Crippen LogP contribution in [0.1, 0.15) is 31.5 Å². The standard InChI is InChI=1S/C21H25FN8O3/c1-11(27-21(31)32-2)8-26-20-24-6-5-14(28-20)17-16(29-19(30-17)12-3-4-12)13-7-15(33-10-22)18(23)25-9-13/h5-7,9,11-12H,3-4,8,10H2,1-2H3,(H2,23,25)(H,27,31)(H,29,30)(H,24,26,28)/t11-/m0/s1. The van der Waals surface area contributed by atoms with Crippen LogP contribution in [0.2, 0.25) is 0 Å². The quantitative estimate of drug-likeness (QED) is 0.381. The van der Waals surface area contributed by atoms with E-state index < -0.39 is 13.0 Å². The number of alkyl carbamates (subject to hydrolysis) is 1. The number of carbonyl (C=O) groups excluding carboxylic acids is 1. The predicted molar refractivity (Wildman–Crippen MR) is 119 cm³/mol. The smallest absolute Gasteiger partial charge is 0.407 e. The normalized spacial score (nSPS) is 13.9. The van der Waals surface area contributed by atoms with E-state index in [1.807, 2.05) is 6.92 Å². The maximum Gasteiger partial charge on any atom is 0.407 e. The number of aromatic nitrogens is 5.